The van der Waals surface area contributed by atoms with E-state index in [1.807, 2.05) is 6.07 Å². The van der Waals surface area contributed by atoms with Crippen molar-refractivity contribution >= 4 is 44.1 Å². The molecule has 1 aromatic heterocycles. The van der Waals surface area contributed by atoms with Gasteiger partial charge in [-0.1, -0.05) is 63.9 Å². The van der Waals surface area contributed by atoms with Crippen LogP contribution in [0.5, 0.6) is 0 Å². The highest BCUT2D eigenvalue weighted by Gasteiger charge is 2.27. The Morgan fingerprint density at radius 3 is 2.50 bits per heavy atom. The van der Waals surface area contributed by atoms with Gasteiger partial charge in [-0.05, 0) is 89.9 Å². The van der Waals surface area contributed by atoms with Crippen LogP contribution in [0.3, 0.4) is 0 Å². The Balaban J connectivity index is 1.50. The van der Waals surface area contributed by atoms with Crippen LogP contribution in [0.4, 0.5) is 5.69 Å². The Hall–Kier alpha value is -3.39. The lowest BCUT2D eigenvalue weighted by molar-refractivity contribution is 0.411. The lowest BCUT2D eigenvalue weighted by Crippen LogP contribution is -2.09. The minimum atomic E-state index is 0.231. The van der Waals surface area contributed by atoms with Gasteiger partial charge in [-0.15, -0.1) is 0 Å². The number of aliphatic imine (C=N–C) groups is 1. The third kappa shape index (κ3) is 3.50. The first-order valence-corrected chi connectivity index (χ1v) is 13.5. The molecule has 0 amide bonds. The van der Waals surface area contributed by atoms with Crippen molar-refractivity contribution in [1.29, 1.82) is 0 Å². The Labute approximate surface area is 213 Å². The van der Waals surface area contributed by atoms with Gasteiger partial charge in [0.1, 0.15) is 11.2 Å². The summed E-state index contributed by atoms with van der Waals surface area (Å²) >= 11 is 0. The lowest BCUT2D eigenvalue weighted by Gasteiger charge is -2.19. The van der Waals surface area contributed by atoms with Crippen molar-refractivity contribution in [1.82, 2.24) is 0 Å². The fourth-order valence-corrected chi connectivity index (χ4v) is 6.59. The zero-order valence-corrected chi connectivity index (χ0v) is 21.7. The SMILES string of the molecule is Cc1cc(C2=Nc3cc(CC(C)(C)C)cc4cc(C5CCCC5)cc2c34)c2oc3ccccc3c2c1. The summed E-state index contributed by atoms with van der Waals surface area (Å²) in [7, 11) is 0. The molecule has 0 N–H and O–H groups in total. The van der Waals surface area contributed by atoms with E-state index < -0.39 is 0 Å². The smallest absolute Gasteiger partial charge is 0.144 e. The maximum Gasteiger partial charge on any atom is 0.144 e. The highest BCUT2D eigenvalue weighted by molar-refractivity contribution is 6.30. The monoisotopic (exact) mass is 471 g/mol. The van der Waals surface area contributed by atoms with Crippen molar-refractivity contribution in [2.24, 2.45) is 10.4 Å². The molecule has 0 bridgehead atoms. The molecule has 1 aliphatic carbocycles. The molecule has 1 fully saturated rings. The Morgan fingerprint density at radius 1 is 0.889 bits per heavy atom. The number of aryl methyl sites for hydroxylation is 1. The highest BCUT2D eigenvalue weighted by Crippen LogP contribution is 2.45. The molecule has 0 unspecified atom stereocenters. The van der Waals surface area contributed by atoms with Crippen LogP contribution in [0.2, 0.25) is 0 Å². The number of rotatable bonds is 3. The number of nitrogens with zero attached hydrogens (tertiary/aromatic N) is 1. The molecule has 2 heteroatoms. The molecule has 180 valence electrons. The minimum absolute atomic E-state index is 0.231. The van der Waals surface area contributed by atoms with Crippen molar-refractivity contribution in [2.45, 2.75) is 65.7 Å². The number of para-hydroxylation sites is 1. The van der Waals surface area contributed by atoms with Crippen LogP contribution in [0.1, 0.15) is 80.2 Å². The number of hydrogen-bond acceptors (Lipinski definition) is 2. The van der Waals surface area contributed by atoms with Crippen molar-refractivity contribution in [3.05, 3.63) is 88.5 Å². The topological polar surface area (TPSA) is 25.5 Å². The summed E-state index contributed by atoms with van der Waals surface area (Å²) in [6, 6.07) is 22.6. The first-order valence-electron chi connectivity index (χ1n) is 13.5. The van der Waals surface area contributed by atoms with Crippen LogP contribution in [0.25, 0.3) is 32.7 Å². The predicted octanol–water partition coefficient (Wildman–Crippen LogP) is 9.78. The number of benzene rings is 4. The summed E-state index contributed by atoms with van der Waals surface area (Å²) in [5, 5.41) is 5.00. The van der Waals surface area contributed by atoms with Gasteiger partial charge in [-0.3, -0.25) is 0 Å². The summed E-state index contributed by atoms with van der Waals surface area (Å²) in [5.41, 5.74) is 10.8. The molecular formula is C34H33NO. The second-order valence-corrected chi connectivity index (χ2v) is 12.2. The predicted molar refractivity (Wildman–Crippen MR) is 152 cm³/mol. The van der Waals surface area contributed by atoms with Gasteiger partial charge in [0.2, 0.25) is 0 Å². The minimum Gasteiger partial charge on any atom is -0.455 e. The standard InChI is InChI=1S/C34H33NO/c1-20-13-26-25-11-7-8-12-30(25)36-33(26)28(14-20)32-27-18-23(22-9-5-6-10-22)17-24-15-21(19-34(2,3)4)16-29(35-32)31(24)27/h7-8,11-18,22H,5-6,9-10,19H2,1-4H3. The van der Waals surface area contributed by atoms with Gasteiger partial charge in [0.05, 0.1) is 11.4 Å². The second-order valence-electron chi connectivity index (χ2n) is 12.2. The molecule has 2 heterocycles. The van der Waals surface area contributed by atoms with E-state index in [9.17, 15) is 0 Å². The van der Waals surface area contributed by atoms with Crippen LogP contribution < -0.4 is 0 Å². The molecule has 0 spiro atoms. The summed E-state index contributed by atoms with van der Waals surface area (Å²) in [5.74, 6) is 0.658. The average molecular weight is 472 g/mol. The number of hydrogen-bond donors (Lipinski definition) is 0. The van der Waals surface area contributed by atoms with E-state index in [4.69, 9.17) is 9.41 Å². The molecule has 7 rings (SSSR count). The quantitative estimate of drug-likeness (QED) is 0.252. The maximum atomic E-state index is 6.48. The number of furan rings is 1. The van der Waals surface area contributed by atoms with E-state index in [1.54, 1.807) is 0 Å². The Bertz CT molecular complexity index is 1700. The Morgan fingerprint density at radius 2 is 1.69 bits per heavy atom. The van der Waals surface area contributed by atoms with E-state index in [2.05, 4.69) is 82.3 Å². The van der Waals surface area contributed by atoms with E-state index in [0.29, 0.717) is 5.92 Å². The van der Waals surface area contributed by atoms with E-state index >= 15 is 0 Å². The molecule has 2 nitrogen and oxygen atoms in total. The second kappa shape index (κ2) is 7.80. The molecule has 5 aromatic rings. The molecule has 4 aromatic carbocycles. The van der Waals surface area contributed by atoms with E-state index in [-0.39, 0.29) is 5.41 Å². The molecular weight excluding hydrogens is 438 g/mol. The normalized spacial score (nSPS) is 16.1. The summed E-state index contributed by atoms with van der Waals surface area (Å²) in [6.45, 7) is 9.13. The molecule has 1 aliphatic heterocycles. The third-order valence-electron chi connectivity index (χ3n) is 8.04. The average Bonchev–Trinajstić information content (AvgIpc) is 3.56. The van der Waals surface area contributed by atoms with Crippen LogP contribution in [-0.4, -0.2) is 5.71 Å². The first-order chi connectivity index (χ1) is 17.3. The van der Waals surface area contributed by atoms with Gasteiger partial charge in [0.25, 0.3) is 0 Å². The van der Waals surface area contributed by atoms with Gasteiger partial charge in [0, 0.05) is 27.3 Å². The third-order valence-corrected chi connectivity index (χ3v) is 8.04. The zero-order valence-electron chi connectivity index (χ0n) is 21.7. The van der Waals surface area contributed by atoms with Gasteiger partial charge in [-0.2, -0.15) is 0 Å². The summed E-state index contributed by atoms with van der Waals surface area (Å²) in [4.78, 5) is 5.34. The summed E-state index contributed by atoms with van der Waals surface area (Å²) < 4.78 is 6.48. The molecule has 0 atom stereocenters. The van der Waals surface area contributed by atoms with Crippen molar-refractivity contribution in [3.8, 4) is 0 Å². The van der Waals surface area contributed by atoms with Crippen LogP contribution in [-0.2, 0) is 6.42 Å². The van der Waals surface area contributed by atoms with Crippen molar-refractivity contribution in [3.63, 3.8) is 0 Å². The van der Waals surface area contributed by atoms with Crippen LogP contribution in [0.15, 0.2) is 70.1 Å². The largest absolute Gasteiger partial charge is 0.455 e. The van der Waals surface area contributed by atoms with Crippen LogP contribution in [0, 0.1) is 12.3 Å². The molecule has 1 saturated carbocycles. The molecule has 0 saturated heterocycles. The summed E-state index contributed by atoms with van der Waals surface area (Å²) in [6.07, 6.45) is 6.31. The maximum absolute atomic E-state index is 6.48. The fraction of sp³-hybridized carbons (Fsp3) is 0.324. The van der Waals surface area contributed by atoms with Gasteiger partial charge in [0.15, 0.2) is 0 Å². The van der Waals surface area contributed by atoms with Gasteiger partial charge < -0.3 is 4.42 Å². The first kappa shape index (κ1) is 21.9. The highest BCUT2D eigenvalue weighted by atomic mass is 16.3. The van der Waals surface area contributed by atoms with Crippen molar-refractivity contribution in [2.75, 3.05) is 0 Å². The van der Waals surface area contributed by atoms with Gasteiger partial charge in [-0.25, -0.2) is 4.99 Å². The zero-order chi connectivity index (χ0) is 24.6. The van der Waals surface area contributed by atoms with Gasteiger partial charge >= 0.3 is 0 Å². The molecule has 2 aliphatic rings. The van der Waals surface area contributed by atoms with Crippen molar-refractivity contribution < 1.29 is 4.42 Å². The molecule has 0 radical (unpaired) electrons. The van der Waals surface area contributed by atoms with E-state index in [1.165, 1.54) is 69.5 Å². The molecule has 36 heavy (non-hydrogen) atoms. The lowest BCUT2D eigenvalue weighted by atomic mass is 9.85. The fourth-order valence-electron chi connectivity index (χ4n) is 6.59. The Kier molecular flexibility index (Phi) is 4.74. The number of fused-ring (bicyclic) bond motifs is 3. The van der Waals surface area contributed by atoms with E-state index in [0.717, 1.165) is 34.5 Å². The van der Waals surface area contributed by atoms with Crippen LogP contribution >= 0.6 is 0 Å².